The van der Waals surface area contributed by atoms with Gasteiger partial charge in [0.25, 0.3) is 0 Å². The first-order valence-corrected chi connectivity index (χ1v) is 8.59. The summed E-state index contributed by atoms with van der Waals surface area (Å²) in [7, 11) is 3.49. The highest BCUT2D eigenvalue weighted by Gasteiger charge is 2.31. The normalized spacial score (nSPS) is 12.5. The van der Waals surface area contributed by atoms with Gasteiger partial charge in [0.2, 0.25) is 5.78 Å². The molecule has 0 radical (unpaired) electrons. The molecule has 0 unspecified atom stereocenters. The largest absolute Gasteiger partial charge is 0.454 e. The smallest absolute Gasteiger partial charge is 0.340 e. The van der Waals surface area contributed by atoms with Crippen LogP contribution < -0.4 is 9.80 Å². The molecule has 0 saturated heterocycles. The fourth-order valence-corrected chi connectivity index (χ4v) is 3.24. The summed E-state index contributed by atoms with van der Waals surface area (Å²) in [4.78, 5) is 28.1. The van der Waals surface area contributed by atoms with Gasteiger partial charge in [0.15, 0.2) is 6.61 Å². The van der Waals surface area contributed by atoms with Crippen LogP contribution >= 0.6 is 11.6 Å². The van der Waals surface area contributed by atoms with E-state index >= 15 is 0 Å². The third-order valence-electron chi connectivity index (χ3n) is 4.34. The molecule has 0 fully saturated rings. The number of rotatable bonds is 4. The van der Waals surface area contributed by atoms with Crippen LogP contribution in [0.15, 0.2) is 53.9 Å². The van der Waals surface area contributed by atoms with Crippen LogP contribution in [0.3, 0.4) is 0 Å². The summed E-state index contributed by atoms with van der Waals surface area (Å²) >= 11 is 5.82. The molecule has 0 spiro atoms. The molecule has 8 heteroatoms. The maximum atomic E-state index is 13.1. The molecule has 0 N–H and O–H groups in total. The van der Waals surface area contributed by atoms with E-state index in [0.29, 0.717) is 5.82 Å². The Labute approximate surface area is 166 Å². The number of para-hydroxylation sites is 2. The Morgan fingerprint density at radius 1 is 1.14 bits per heavy atom. The molecule has 28 heavy (non-hydrogen) atoms. The van der Waals surface area contributed by atoms with Gasteiger partial charge in [0, 0.05) is 14.1 Å². The number of nitriles is 1. The quantitative estimate of drug-likeness (QED) is 0.445. The fraction of sp³-hybridized carbons (Fsp3) is 0.150. The molecule has 142 valence electrons. The van der Waals surface area contributed by atoms with Gasteiger partial charge in [-0.25, -0.2) is 9.18 Å². The molecule has 0 aliphatic carbocycles. The van der Waals surface area contributed by atoms with Crippen molar-refractivity contribution in [1.29, 1.82) is 5.26 Å². The van der Waals surface area contributed by atoms with E-state index in [9.17, 15) is 19.2 Å². The van der Waals surface area contributed by atoms with Gasteiger partial charge in [-0.3, -0.25) is 4.79 Å². The second kappa shape index (κ2) is 7.71. The highest BCUT2D eigenvalue weighted by atomic mass is 35.5. The summed E-state index contributed by atoms with van der Waals surface area (Å²) in [5.74, 6) is -1.74. The molecule has 0 bridgehead atoms. The minimum absolute atomic E-state index is 0.0652. The predicted octanol–water partition coefficient (Wildman–Crippen LogP) is 3.53. The first-order valence-electron chi connectivity index (χ1n) is 8.21. The number of hydrogen-bond acceptors (Lipinski definition) is 6. The van der Waals surface area contributed by atoms with E-state index in [1.54, 1.807) is 23.9 Å². The molecular formula is C20H15ClFN3O3. The van der Waals surface area contributed by atoms with Gasteiger partial charge in [0.05, 0.1) is 22.0 Å². The van der Waals surface area contributed by atoms with Crippen molar-refractivity contribution >= 4 is 34.7 Å². The number of fused-ring (bicyclic) bond motifs is 1. The van der Waals surface area contributed by atoms with E-state index in [2.05, 4.69) is 0 Å². The van der Waals surface area contributed by atoms with Gasteiger partial charge in [0.1, 0.15) is 23.3 Å². The summed E-state index contributed by atoms with van der Waals surface area (Å²) < 4.78 is 18.1. The third-order valence-corrected chi connectivity index (χ3v) is 4.65. The van der Waals surface area contributed by atoms with Gasteiger partial charge in [-0.2, -0.15) is 5.26 Å². The standard InChI is InChI=1S/C20H15ClFN3O3/c1-24-16-5-3-4-6-17(16)25(2)19(24)14(10-23)18(26)11-28-20(27)13-8-7-12(22)9-15(13)21/h3-9H,11H2,1-2H3. The monoisotopic (exact) mass is 399 g/mol. The van der Waals surface area contributed by atoms with E-state index in [1.165, 1.54) is 6.07 Å². The van der Waals surface area contributed by atoms with E-state index < -0.39 is 24.2 Å². The minimum Gasteiger partial charge on any atom is -0.454 e. The topological polar surface area (TPSA) is 73.6 Å². The number of carbonyl (C=O) groups is 2. The number of halogens is 2. The lowest BCUT2D eigenvalue weighted by atomic mass is 10.2. The molecule has 1 aliphatic rings. The molecule has 1 aliphatic heterocycles. The Morgan fingerprint density at radius 2 is 1.75 bits per heavy atom. The highest BCUT2D eigenvalue weighted by Crippen LogP contribution is 2.40. The third kappa shape index (κ3) is 3.42. The van der Waals surface area contributed by atoms with E-state index in [1.807, 2.05) is 30.3 Å². The molecule has 3 rings (SSSR count). The zero-order chi connectivity index (χ0) is 20.4. The number of ether oxygens (including phenoxy) is 1. The van der Waals surface area contributed by atoms with Crippen LogP contribution in [-0.4, -0.2) is 32.5 Å². The van der Waals surface area contributed by atoms with Crippen molar-refractivity contribution in [2.24, 2.45) is 0 Å². The molecular weight excluding hydrogens is 385 g/mol. The minimum atomic E-state index is -0.878. The molecule has 0 atom stereocenters. The number of carbonyl (C=O) groups excluding carboxylic acids is 2. The van der Waals surface area contributed by atoms with Crippen molar-refractivity contribution in [1.82, 2.24) is 0 Å². The first kappa shape index (κ1) is 19.4. The number of Topliss-reactive ketones (excluding diaryl/α,β-unsaturated/α-hetero) is 1. The van der Waals surface area contributed by atoms with Gasteiger partial charge in [-0.1, -0.05) is 23.7 Å². The Balaban J connectivity index is 1.81. The fourth-order valence-electron chi connectivity index (χ4n) is 2.99. The van der Waals surface area contributed by atoms with Crippen LogP contribution in [0.5, 0.6) is 0 Å². The van der Waals surface area contributed by atoms with Crippen molar-refractivity contribution < 1.29 is 18.7 Å². The maximum Gasteiger partial charge on any atom is 0.340 e. The Kier molecular flexibility index (Phi) is 5.34. The average Bonchev–Trinajstić information content (AvgIpc) is 2.92. The van der Waals surface area contributed by atoms with Crippen LogP contribution in [-0.2, 0) is 9.53 Å². The zero-order valence-electron chi connectivity index (χ0n) is 15.1. The maximum absolute atomic E-state index is 13.1. The van der Waals surface area contributed by atoms with Crippen molar-refractivity contribution in [3.05, 3.63) is 70.3 Å². The number of benzene rings is 2. The molecule has 0 saturated carbocycles. The zero-order valence-corrected chi connectivity index (χ0v) is 15.8. The highest BCUT2D eigenvalue weighted by molar-refractivity contribution is 6.33. The average molecular weight is 400 g/mol. The van der Waals surface area contributed by atoms with Gasteiger partial charge in [-0.05, 0) is 30.3 Å². The van der Waals surface area contributed by atoms with Crippen molar-refractivity contribution in [3.63, 3.8) is 0 Å². The molecule has 2 aromatic rings. The summed E-state index contributed by atoms with van der Waals surface area (Å²) in [6, 6.07) is 12.6. The van der Waals surface area contributed by atoms with Crippen LogP contribution in [0.25, 0.3) is 0 Å². The van der Waals surface area contributed by atoms with Crippen molar-refractivity contribution in [3.8, 4) is 6.07 Å². The Hall–Kier alpha value is -3.37. The molecule has 2 aromatic carbocycles. The first-order chi connectivity index (χ1) is 13.3. The predicted molar refractivity (Wildman–Crippen MR) is 103 cm³/mol. The molecule has 0 aromatic heterocycles. The van der Waals surface area contributed by atoms with E-state index in [0.717, 1.165) is 23.5 Å². The van der Waals surface area contributed by atoms with Crippen LogP contribution in [0.2, 0.25) is 5.02 Å². The second-order valence-electron chi connectivity index (χ2n) is 6.04. The van der Waals surface area contributed by atoms with Crippen molar-refractivity contribution in [2.75, 3.05) is 30.5 Å². The number of esters is 1. The summed E-state index contributed by atoms with van der Waals surface area (Å²) in [6.07, 6.45) is 0. The number of anilines is 2. The van der Waals surface area contributed by atoms with Gasteiger partial charge < -0.3 is 14.5 Å². The number of hydrogen-bond donors (Lipinski definition) is 0. The summed E-state index contributed by atoms with van der Waals surface area (Å²) in [5, 5.41) is 9.42. The number of ketones is 1. The second-order valence-corrected chi connectivity index (χ2v) is 6.45. The Morgan fingerprint density at radius 3 is 2.29 bits per heavy atom. The van der Waals surface area contributed by atoms with Crippen LogP contribution in [0.1, 0.15) is 10.4 Å². The Bertz CT molecular complexity index is 1010. The van der Waals surface area contributed by atoms with Crippen LogP contribution in [0, 0.1) is 17.1 Å². The molecule has 6 nitrogen and oxygen atoms in total. The lowest BCUT2D eigenvalue weighted by Gasteiger charge is -2.19. The summed E-state index contributed by atoms with van der Waals surface area (Å²) in [5.41, 5.74) is 1.48. The summed E-state index contributed by atoms with van der Waals surface area (Å²) in [6.45, 7) is -0.642. The van der Waals surface area contributed by atoms with E-state index in [-0.39, 0.29) is 16.2 Å². The van der Waals surface area contributed by atoms with Gasteiger partial charge >= 0.3 is 5.97 Å². The van der Waals surface area contributed by atoms with Crippen LogP contribution in [0.4, 0.5) is 15.8 Å². The molecule has 0 amide bonds. The molecule has 1 heterocycles. The SMILES string of the molecule is CN1C(=C(C#N)C(=O)COC(=O)c2ccc(F)cc2Cl)N(C)c2ccccc21. The van der Waals surface area contributed by atoms with E-state index in [4.69, 9.17) is 16.3 Å². The lowest BCUT2D eigenvalue weighted by Crippen LogP contribution is -2.27. The van der Waals surface area contributed by atoms with Crippen molar-refractivity contribution in [2.45, 2.75) is 0 Å². The number of nitrogens with zero attached hydrogens (tertiary/aromatic N) is 3. The lowest BCUT2D eigenvalue weighted by molar-refractivity contribution is -0.118. The van der Waals surface area contributed by atoms with Gasteiger partial charge in [-0.15, -0.1) is 0 Å².